The maximum absolute atomic E-state index is 10.6. The molecule has 16 heavy (non-hydrogen) atoms. The Kier molecular flexibility index (Phi) is 2.81. The molecule has 1 amide bonds. The second kappa shape index (κ2) is 4.26. The fourth-order valence-electron chi connectivity index (χ4n) is 1.85. The Morgan fingerprint density at radius 3 is 3.00 bits per heavy atom. The molecule has 2 rings (SSSR count). The van der Waals surface area contributed by atoms with E-state index in [-0.39, 0.29) is 6.10 Å². The summed E-state index contributed by atoms with van der Waals surface area (Å²) >= 11 is 0. The van der Waals surface area contributed by atoms with E-state index in [0.717, 1.165) is 16.5 Å². The number of primary amides is 1. The highest BCUT2D eigenvalue weighted by Gasteiger charge is 2.10. The summed E-state index contributed by atoms with van der Waals surface area (Å²) in [6.45, 7) is 1.83. The average molecular weight is 218 g/mol. The van der Waals surface area contributed by atoms with Crippen LogP contribution < -0.4 is 5.73 Å². The summed E-state index contributed by atoms with van der Waals surface area (Å²) in [4.78, 5) is 13.8. The second-order valence-electron chi connectivity index (χ2n) is 3.81. The highest BCUT2D eigenvalue weighted by Crippen LogP contribution is 2.19. The summed E-state index contributed by atoms with van der Waals surface area (Å²) in [5.74, 6) is 0. The summed E-state index contributed by atoms with van der Waals surface area (Å²) in [5, 5.41) is 1.16. The zero-order valence-electron chi connectivity index (χ0n) is 9.07. The molecule has 4 heteroatoms. The van der Waals surface area contributed by atoms with Gasteiger partial charge in [-0.05, 0) is 18.6 Å². The van der Waals surface area contributed by atoms with E-state index < -0.39 is 6.09 Å². The standard InChI is InChI=1S/C12H14N2O2/c1-8(16-12(13)15)6-9-7-14-11-5-3-2-4-10(9)11/h2-5,7-8,14H,6H2,1H3,(H2,13,15)/t8-/m1/s1. The van der Waals surface area contributed by atoms with Gasteiger partial charge in [0.2, 0.25) is 0 Å². The van der Waals surface area contributed by atoms with Crippen LogP contribution in [-0.4, -0.2) is 17.2 Å². The number of fused-ring (bicyclic) bond motifs is 1. The number of nitrogens with two attached hydrogens (primary N) is 1. The lowest BCUT2D eigenvalue weighted by Gasteiger charge is -2.10. The van der Waals surface area contributed by atoms with Crippen molar-refractivity contribution < 1.29 is 9.53 Å². The van der Waals surface area contributed by atoms with Gasteiger partial charge in [0.1, 0.15) is 6.10 Å². The van der Waals surface area contributed by atoms with Gasteiger partial charge in [0.15, 0.2) is 0 Å². The summed E-state index contributed by atoms with van der Waals surface area (Å²) in [6.07, 6.45) is 1.66. The Bertz CT molecular complexity index is 504. The molecule has 0 spiro atoms. The third-order valence-electron chi connectivity index (χ3n) is 2.50. The van der Waals surface area contributed by atoms with Gasteiger partial charge in [0.25, 0.3) is 0 Å². The van der Waals surface area contributed by atoms with Crippen molar-refractivity contribution >= 4 is 17.0 Å². The number of carbonyl (C=O) groups excluding carboxylic acids is 1. The monoisotopic (exact) mass is 218 g/mol. The number of rotatable bonds is 3. The molecule has 2 aromatic rings. The van der Waals surface area contributed by atoms with E-state index in [4.69, 9.17) is 10.5 Å². The number of nitrogens with one attached hydrogen (secondary N) is 1. The van der Waals surface area contributed by atoms with Gasteiger partial charge in [-0.25, -0.2) is 4.79 Å². The van der Waals surface area contributed by atoms with Crippen LogP contribution in [0.1, 0.15) is 12.5 Å². The van der Waals surface area contributed by atoms with E-state index >= 15 is 0 Å². The van der Waals surface area contributed by atoms with Gasteiger partial charge in [0.05, 0.1) is 0 Å². The molecule has 0 fully saturated rings. The van der Waals surface area contributed by atoms with Gasteiger partial charge in [-0.2, -0.15) is 0 Å². The number of ether oxygens (including phenoxy) is 1. The van der Waals surface area contributed by atoms with E-state index in [1.54, 1.807) is 0 Å². The maximum atomic E-state index is 10.6. The summed E-state index contributed by atoms with van der Waals surface area (Å²) in [7, 11) is 0. The molecule has 0 bridgehead atoms. The van der Waals surface area contributed by atoms with Crippen molar-refractivity contribution in [3.8, 4) is 0 Å². The zero-order chi connectivity index (χ0) is 11.5. The van der Waals surface area contributed by atoms with Crippen molar-refractivity contribution in [1.29, 1.82) is 0 Å². The van der Waals surface area contributed by atoms with Crippen molar-refractivity contribution in [2.75, 3.05) is 0 Å². The fraction of sp³-hybridized carbons (Fsp3) is 0.250. The molecule has 84 valence electrons. The maximum Gasteiger partial charge on any atom is 0.404 e. The first-order valence-electron chi connectivity index (χ1n) is 5.18. The molecular weight excluding hydrogens is 204 g/mol. The molecule has 3 N–H and O–H groups in total. The van der Waals surface area contributed by atoms with Crippen LogP contribution in [0.3, 0.4) is 0 Å². The zero-order valence-corrected chi connectivity index (χ0v) is 9.07. The number of hydrogen-bond donors (Lipinski definition) is 2. The topological polar surface area (TPSA) is 68.1 Å². The van der Waals surface area contributed by atoms with Gasteiger partial charge >= 0.3 is 6.09 Å². The molecule has 1 aromatic carbocycles. The van der Waals surface area contributed by atoms with Crippen LogP contribution in [0, 0.1) is 0 Å². The van der Waals surface area contributed by atoms with E-state index in [1.807, 2.05) is 37.4 Å². The average Bonchev–Trinajstić information content (AvgIpc) is 2.61. The molecule has 0 unspecified atom stereocenters. The van der Waals surface area contributed by atoms with Crippen LogP contribution in [0.4, 0.5) is 4.79 Å². The van der Waals surface area contributed by atoms with Crippen LogP contribution in [-0.2, 0) is 11.2 Å². The number of amides is 1. The highest BCUT2D eigenvalue weighted by molar-refractivity contribution is 5.83. The minimum atomic E-state index is -0.729. The van der Waals surface area contributed by atoms with Crippen molar-refractivity contribution in [2.45, 2.75) is 19.4 Å². The lowest BCUT2D eigenvalue weighted by atomic mass is 10.1. The molecule has 0 aliphatic carbocycles. The Morgan fingerprint density at radius 2 is 2.25 bits per heavy atom. The number of aromatic nitrogens is 1. The van der Waals surface area contributed by atoms with E-state index in [2.05, 4.69) is 4.98 Å². The number of hydrogen-bond acceptors (Lipinski definition) is 2. The quantitative estimate of drug-likeness (QED) is 0.829. The van der Waals surface area contributed by atoms with E-state index in [1.165, 1.54) is 0 Å². The van der Waals surface area contributed by atoms with Gasteiger partial charge in [-0.3, -0.25) is 0 Å². The molecule has 1 atom stereocenters. The van der Waals surface area contributed by atoms with Crippen LogP contribution in [0.2, 0.25) is 0 Å². The molecule has 0 saturated heterocycles. The van der Waals surface area contributed by atoms with E-state index in [9.17, 15) is 4.79 Å². The van der Waals surface area contributed by atoms with Crippen molar-refractivity contribution in [3.63, 3.8) is 0 Å². The minimum Gasteiger partial charge on any atom is -0.446 e. The SMILES string of the molecule is C[C@H](Cc1c[nH]c2ccccc12)OC(N)=O. The highest BCUT2D eigenvalue weighted by atomic mass is 16.6. The Hall–Kier alpha value is -1.97. The summed E-state index contributed by atoms with van der Waals surface area (Å²) < 4.78 is 4.90. The smallest absolute Gasteiger partial charge is 0.404 e. The van der Waals surface area contributed by atoms with Gasteiger partial charge in [-0.1, -0.05) is 18.2 Å². The van der Waals surface area contributed by atoms with Crippen LogP contribution in [0.25, 0.3) is 10.9 Å². The first-order chi connectivity index (χ1) is 7.66. The fourth-order valence-corrected chi connectivity index (χ4v) is 1.85. The number of aromatic amines is 1. The molecule has 0 aliphatic heterocycles. The summed E-state index contributed by atoms with van der Waals surface area (Å²) in [6, 6.07) is 8.02. The number of H-pyrrole nitrogens is 1. The van der Waals surface area contributed by atoms with Crippen molar-refractivity contribution in [3.05, 3.63) is 36.0 Å². The lowest BCUT2D eigenvalue weighted by molar-refractivity contribution is 0.116. The number of carbonyl (C=O) groups is 1. The molecular formula is C12H14N2O2. The Labute approximate surface area is 93.4 Å². The molecule has 0 saturated carbocycles. The van der Waals surface area contributed by atoms with Gasteiger partial charge in [-0.15, -0.1) is 0 Å². The van der Waals surface area contributed by atoms with Crippen LogP contribution in [0.5, 0.6) is 0 Å². The number of benzene rings is 1. The molecule has 1 aromatic heterocycles. The van der Waals surface area contributed by atoms with Crippen LogP contribution in [0.15, 0.2) is 30.5 Å². The molecule has 4 nitrogen and oxygen atoms in total. The lowest BCUT2D eigenvalue weighted by Crippen LogP contribution is -2.21. The Morgan fingerprint density at radius 1 is 1.50 bits per heavy atom. The summed E-state index contributed by atoms with van der Waals surface area (Å²) in [5.41, 5.74) is 7.18. The first-order valence-corrected chi connectivity index (χ1v) is 5.18. The third-order valence-corrected chi connectivity index (χ3v) is 2.50. The molecule has 1 heterocycles. The predicted molar refractivity (Wildman–Crippen MR) is 62.1 cm³/mol. The normalized spacial score (nSPS) is 12.6. The predicted octanol–water partition coefficient (Wildman–Crippen LogP) is 2.19. The minimum absolute atomic E-state index is 0.211. The van der Waals surface area contributed by atoms with Gasteiger partial charge < -0.3 is 15.5 Å². The Balaban J connectivity index is 2.18. The molecule has 0 aliphatic rings. The van der Waals surface area contributed by atoms with Crippen molar-refractivity contribution in [1.82, 2.24) is 4.98 Å². The largest absolute Gasteiger partial charge is 0.446 e. The first kappa shape index (κ1) is 10.5. The third kappa shape index (κ3) is 2.16. The van der Waals surface area contributed by atoms with E-state index in [0.29, 0.717) is 6.42 Å². The number of para-hydroxylation sites is 1. The van der Waals surface area contributed by atoms with Gasteiger partial charge in [0, 0.05) is 23.5 Å². The second-order valence-corrected chi connectivity index (χ2v) is 3.81. The van der Waals surface area contributed by atoms with Crippen LogP contribution >= 0.6 is 0 Å². The molecule has 0 radical (unpaired) electrons. The van der Waals surface area contributed by atoms with Crippen molar-refractivity contribution in [2.24, 2.45) is 5.73 Å².